The molecule has 3 heteroatoms. The van der Waals surface area contributed by atoms with Gasteiger partial charge >= 0.3 is 0 Å². The van der Waals surface area contributed by atoms with Crippen molar-refractivity contribution in [3.8, 4) is 0 Å². The van der Waals surface area contributed by atoms with Crippen molar-refractivity contribution in [1.29, 1.82) is 0 Å². The van der Waals surface area contributed by atoms with Gasteiger partial charge in [0.15, 0.2) is 0 Å². The maximum absolute atomic E-state index is 9.84. The van der Waals surface area contributed by atoms with Gasteiger partial charge in [-0.2, -0.15) is 0 Å². The Morgan fingerprint density at radius 3 is 2.38 bits per heavy atom. The minimum absolute atomic E-state index is 0.534. The molecule has 0 bridgehead atoms. The molecule has 0 spiro atoms. The minimum Gasteiger partial charge on any atom is -0.387 e. The Morgan fingerprint density at radius 1 is 1.31 bits per heavy atom. The molecular weight excluding hydrogens is 186 g/mol. The van der Waals surface area contributed by atoms with Gasteiger partial charge in [-0.1, -0.05) is 23.7 Å². The van der Waals surface area contributed by atoms with Crippen LogP contribution in [0.15, 0.2) is 24.3 Å². The third-order valence-electron chi connectivity index (χ3n) is 2.35. The van der Waals surface area contributed by atoms with Crippen LogP contribution in [0.25, 0.3) is 0 Å². The second kappa shape index (κ2) is 3.29. The lowest BCUT2D eigenvalue weighted by Crippen LogP contribution is -2.60. The van der Waals surface area contributed by atoms with Gasteiger partial charge in [-0.3, -0.25) is 0 Å². The summed E-state index contributed by atoms with van der Waals surface area (Å²) >= 11 is 5.76. The minimum atomic E-state index is -0.534. The lowest BCUT2D eigenvalue weighted by molar-refractivity contribution is -0.00901. The van der Waals surface area contributed by atoms with E-state index in [1.165, 1.54) is 0 Å². The number of rotatable bonds is 2. The van der Waals surface area contributed by atoms with Gasteiger partial charge in [0, 0.05) is 24.5 Å². The Labute approximate surface area is 82.5 Å². The van der Waals surface area contributed by atoms with Crippen LogP contribution in [0, 0.1) is 0 Å². The molecule has 2 nitrogen and oxygen atoms in total. The van der Waals surface area contributed by atoms with Crippen LogP contribution in [-0.2, 0) is 6.42 Å². The molecule has 1 saturated heterocycles. The van der Waals surface area contributed by atoms with Crippen molar-refractivity contribution in [2.75, 3.05) is 13.1 Å². The average Bonchev–Trinajstić information content (AvgIpc) is 2.06. The first kappa shape index (κ1) is 9.00. The molecule has 1 aromatic rings. The zero-order valence-electron chi connectivity index (χ0n) is 7.26. The van der Waals surface area contributed by atoms with Gasteiger partial charge in [0.25, 0.3) is 0 Å². The van der Waals surface area contributed by atoms with Crippen LogP contribution in [-0.4, -0.2) is 23.8 Å². The lowest BCUT2D eigenvalue weighted by Gasteiger charge is -2.37. The van der Waals surface area contributed by atoms with E-state index in [9.17, 15) is 5.11 Å². The lowest BCUT2D eigenvalue weighted by atomic mass is 9.89. The first-order valence-electron chi connectivity index (χ1n) is 4.36. The number of halogens is 1. The average molecular weight is 198 g/mol. The molecule has 1 fully saturated rings. The fourth-order valence-corrected chi connectivity index (χ4v) is 1.65. The van der Waals surface area contributed by atoms with E-state index in [0.717, 1.165) is 10.6 Å². The van der Waals surface area contributed by atoms with E-state index in [0.29, 0.717) is 19.5 Å². The Morgan fingerprint density at radius 2 is 1.92 bits per heavy atom. The van der Waals surface area contributed by atoms with E-state index < -0.39 is 5.60 Å². The smallest absolute Gasteiger partial charge is 0.0935 e. The second-order valence-electron chi connectivity index (χ2n) is 3.63. The molecule has 0 aromatic heterocycles. The van der Waals surface area contributed by atoms with E-state index >= 15 is 0 Å². The van der Waals surface area contributed by atoms with Crippen molar-refractivity contribution in [2.24, 2.45) is 0 Å². The van der Waals surface area contributed by atoms with Crippen molar-refractivity contribution in [3.63, 3.8) is 0 Å². The van der Waals surface area contributed by atoms with Crippen molar-refractivity contribution in [2.45, 2.75) is 12.0 Å². The monoisotopic (exact) mass is 197 g/mol. The molecule has 1 aliphatic rings. The molecule has 70 valence electrons. The molecule has 1 heterocycles. The molecule has 0 radical (unpaired) electrons. The van der Waals surface area contributed by atoms with Gasteiger partial charge < -0.3 is 10.4 Å². The fraction of sp³-hybridized carbons (Fsp3) is 0.400. The fourth-order valence-electron chi connectivity index (χ4n) is 1.52. The van der Waals surface area contributed by atoms with Crippen LogP contribution in [0.1, 0.15) is 5.56 Å². The SMILES string of the molecule is OC1(Cc2ccc(Cl)cc2)CNC1. The summed E-state index contributed by atoms with van der Waals surface area (Å²) < 4.78 is 0. The molecule has 0 atom stereocenters. The van der Waals surface area contributed by atoms with Crippen LogP contribution >= 0.6 is 11.6 Å². The highest BCUT2D eigenvalue weighted by Crippen LogP contribution is 2.19. The van der Waals surface area contributed by atoms with E-state index in [1.54, 1.807) is 0 Å². The predicted octanol–water partition coefficient (Wildman–Crippen LogP) is 1.22. The summed E-state index contributed by atoms with van der Waals surface area (Å²) in [6.45, 7) is 1.38. The molecular formula is C10H12ClNO. The van der Waals surface area contributed by atoms with E-state index in [2.05, 4.69) is 5.32 Å². The van der Waals surface area contributed by atoms with Crippen molar-refractivity contribution in [3.05, 3.63) is 34.9 Å². The summed E-state index contributed by atoms with van der Waals surface area (Å²) in [6, 6.07) is 7.62. The summed E-state index contributed by atoms with van der Waals surface area (Å²) in [5.41, 5.74) is 0.599. The summed E-state index contributed by atoms with van der Waals surface area (Å²) in [5.74, 6) is 0. The third kappa shape index (κ3) is 2.02. The van der Waals surface area contributed by atoms with Gasteiger partial charge in [-0.25, -0.2) is 0 Å². The summed E-state index contributed by atoms with van der Waals surface area (Å²) in [5, 5.41) is 13.6. The molecule has 0 aliphatic carbocycles. The summed E-state index contributed by atoms with van der Waals surface area (Å²) in [6.07, 6.45) is 0.706. The molecule has 0 saturated carbocycles. The molecule has 1 aromatic carbocycles. The first-order valence-corrected chi connectivity index (χ1v) is 4.73. The standard InChI is InChI=1S/C10H12ClNO/c11-9-3-1-8(2-4-9)5-10(13)6-12-7-10/h1-4,12-13H,5-7H2. The highest BCUT2D eigenvalue weighted by molar-refractivity contribution is 6.30. The largest absolute Gasteiger partial charge is 0.387 e. The zero-order valence-corrected chi connectivity index (χ0v) is 8.01. The molecule has 0 amide bonds. The van der Waals surface area contributed by atoms with E-state index in [1.807, 2.05) is 24.3 Å². The van der Waals surface area contributed by atoms with Crippen molar-refractivity contribution < 1.29 is 5.11 Å². The highest BCUT2D eigenvalue weighted by Gasteiger charge is 2.33. The Bertz CT molecular complexity index is 292. The molecule has 0 unspecified atom stereocenters. The normalized spacial score (nSPS) is 19.5. The topological polar surface area (TPSA) is 32.3 Å². The molecule has 2 N–H and O–H groups in total. The first-order chi connectivity index (χ1) is 6.18. The van der Waals surface area contributed by atoms with E-state index in [4.69, 9.17) is 11.6 Å². The number of aliphatic hydroxyl groups is 1. The Balaban J connectivity index is 2.05. The van der Waals surface area contributed by atoms with Crippen LogP contribution in [0.3, 0.4) is 0 Å². The van der Waals surface area contributed by atoms with Crippen LogP contribution in [0.4, 0.5) is 0 Å². The van der Waals surface area contributed by atoms with E-state index in [-0.39, 0.29) is 0 Å². The number of hydrogen-bond acceptors (Lipinski definition) is 2. The number of nitrogens with one attached hydrogen (secondary N) is 1. The quantitative estimate of drug-likeness (QED) is 0.747. The van der Waals surface area contributed by atoms with Gasteiger partial charge in [-0.15, -0.1) is 0 Å². The zero-order chi connectivity index (χ0) is 9.31. The molecule has 13 heavy (non-hydrogen) atoms. The summed E-state index contributed by atoms with van der Waals surface area (Å²) in [7, 11) is 0. The molecule has 1 aliphatic heterocycles. The van der Waals surface area contributed by atoms with Crippen LogP contribution < -0.4 is 5.32 Å². The maximum atomic E-state index is 9.84. The Kier molecular flexibility index (Phi) is 2.28. The van der Waals surface area contributed by atoms with Gasteiger partial charge in [-0.05, 0) is 17.7 Å². The predicted molar refractivity (Wildman–Crippen MR) is 53.0 cm³/mol. The molecule has 2 rings (SSSR count). The number of β-amino-alcohol motifs (C(OH)–C–C–N with tert-alkyl or cyclic N) is 1. The third-order valence-corrected chi connectivity index (χ3v) is 2.61. The van der Waals surface area contributed by atoms with Gasteiger partial charge in [0.05, 0.1) is 5.60 Å². The Hall–Kier alpha value is -0.570. The van der Waals surface area contributed by atoms with Crippen LogP contribution in [0.2, 0.25) is 5.02 Å². The van der Waals surface area contributed by atoms with Gasteiger partial charge in [0.1, 0.15) is 0 Å². The van der Waals surface area contributed by atoms with Crippen molar-refractivity contribution in [1.82, 2.24) is 5.32 Å². The van der Waals surface area contributed by atoms with Crippen LogP contribution in [0.5, 0.6) is 0 Å². The highest BCUT2D eigenvalue weighted by atomic mass is 35.5. The summed E-state index contributed by atoms with van der Waals surface area (Å²) in [4.78, 5) is 0. The van der Waals surface area contributed by atoms with Gasteiger partial charge in [0.2, 0.25) is 0 Å². The maximum Gasteiger partial charge on any atom is 0.0935 e. The number of benzene rings is 1. The van der Waals surface area contributed by atoms with Crippen molar-refractivity contribution >= 4 is 11.6 Å². The second-order valence-corrected chi connectivity index (χ2v) is 4.07. The number of hydrogen-bond donors (Lipinski definition) is 2.